The Labute approximate surface area is 213 Å². The molecule has 190 valence electrons. The van der Waals surface area contributed by atoms with Crippen LogP contribution in [0.5, 0.6) is 0 Å². The summed E-state index contributed by atoms with van der Waals surface area (Å²) in [4.78, 5) is 40.4. The summed E-state index contributed by atoms with van der Waals surface area (Å²) < 4.78 is 31.9. The zero-order valence-corrected chi connectivity index (χ0v) is 20.5. The Morgan fingerprint density at radius 2 is 1.65 bits per heavy atom. The SMILES string of the molecule is CCOC(=O)C1=C(C)N(Cc2cccc(C(=O)Nc3ccc(F)cc3)c2)C(=O)CC1c1ccc(F)cc1. The van der Waals surface area contributed by atoms with Gasteiger partial charge in [-0.25, -0.2) is 13.6 Å². The minimum absolute atomic E-state index is 0.0157. The Hall–Kier alpha value is -4.33. The first-order valence-electron chi connectivity index (χ1n) is 11.9. The number of carbonyl (C=O) groups excluding carboxylic acids is 3. The number of allylic oxidation sites excluding steroid dienone is 1. The average molecular weight is 505 g/mol. The van der Waals surface area contributed by atoms with E-state index in [1.807, 2.05) is 0 Å². The fourth-order valence-electron chi connectivity index (χ4n) is 4.39. The van der Waals surface area contributed by atoms with E-state index in [1.165, 1.54) is 41.3 Å². The molecule has 8 heteroatoms. The molecule has 1 aliphatic heterocycles. The van der Waals surface area contributed by atoms with Crippen molar-refractivity contribution in [2.75, 3.05) is 11.9 Å². The normalized spacial score (nSPS) is 15.5. The summed E-state index contributed by atoms with van der Waals surface area (Å²) in [7, 11) is 0. The fraction of sp³-hybridized carbons (Fsp3) is 0.207. The summed E-state index contributed by atoms with van der Waals surface area (Å²) in [6, 6.07) is 18.0. The molecule has 37 heavy (non-hydrogen) atoms. The topological polar surface area (TPSA) is 75.7 Å². The zero-order chi connectivity index (χ0) is 26.5. The maximum Gasteiger partial charge on any atom is 0.336 e. The van der Waals surface area contributed by atoms with Crippen LogP contribution in [0.25, 0.3) is 0 Å². The zero-order valence-electron chi connectivity index (χ0n) is 20.5. The number of anilines is 1. The van der Waals surface area contributed by atoms with Crippen molar-refractivity contribution in [1.29, 1.82) is 0 Å². The van der Waals surface area contributed by atoms with E-state index < -0.39 is 23.5 Å². The predicted molar refractivity (Wildman–Crippen MR) is 134 cm³/mol. The fourth-order valence-corrected chi connectivity index (χ4v) is 4.39. The number of carbonyl (C=O) groups is 3. The van der Waals surface area contributed by atoms with Gasteiger partial charge in [0.2, 0.25) is 5.91 Å². The smallest absolute Gasteiger partial charge is 0.336 e. The van der Waals surface area contributed by atoms with Crippen molar-refractivity contribution in [1.82, 2.24) is 4.90 Å². The van der Waals surface area contributed by atoms with Gasteiger partial charge in [-0.3, -0.25) is 9.59 Å². The van der Waals surface area contributed by atoms with Crippen molar-refractivity contribution >= 4 is 23.5 Å². The van der Waals surface area contributed by atoms with Gasteiger partial charge in [0.25, 0.3) is 5.91 Å². The van der Waals surface area contributed by atoms with Gasteiger partial charge in [-0.05, 0) is 73.5 Å². The summed E-state index contributed by atoms with van der Waals surface area (Å²) in [6.45, 7) is 3.70. The second-order valence-corrected chi connectivity index (χ2v) is 8.67. The largest absolute Gasteiger partial charge is 0.463 e. The lowest BCUT2D eigenvalue weighted by Gasteiger charge is -2.34. The van der Waals surface area contributed by atoms with Crippen molar-refractivity contribution in [3.8, 4) is 0 Å². The molecule has 4 rings (SSSR count). The first-order valence-corrected chi connectivity index (χ1v) is 11.9. The second-order valence-electron chi connectivity index (χ2n) is 8.67. The lowest BCUT2D eigenvalue weighted by molar-refractivity contribution is -0.140. The van der Waals surface area contributed by atoms with Gasteiger partial charge >= 0.3 is 5.97 Å². The molecule has 0 saturated carbocycles. The van der Waals surface area contributed by atoms with Crippen molar-refractivity contribution in [2.45, 2.75) is 32.7 Å². The molecule has 0 fully saturated rings. The highest BCUT2D eigenvalue weighted by molar-refractivity contribution is 6.04. The van der Waals surface area contributed by atoms with Gasteiger partial charge in [-0.1, -0.05) is 24.3 Å². The second kappa shape index (κ2) is 11.2. The van der Waals surface area contributed by atoms with E-state index in [1.54, 1.807) is 50.2 Å². The van der Waals surface area contributed by atoms with E-state index >= 15 is 0 Å². The van der Waals surface area contributed by atoms with E-state index in [-0.39, 0.29) is 31.4 Å². The molecule has 0 aromatic heterocycles. The van der Waals surface area contributed by atoms with Gasteiger partial charge in [-0.2, -0.15) is 0 Å². The Kier molecular flexibility index (Phi) is 7.77. The van der Waals surface area contributed by atoms with E-state index in [0.717, 1.165) is 0 Å². The number of esters is 1. The minimum atomic E-state index is -0.559. The third kappa shape index (κ3) is 5.91. The average Bonchev–Trinajstić information content (AvgIpc) is 2.88. The lowest BCUT2D eigenvalue weighted by atomic mass is 9.83. The summed E-state index contributed by atoms with van der Waals surface area (Å²) in [5.41, 5.74) is 2.94. The van der Waals surface area contributed by atoms with Crippen LogP contribution in [0.4, 0.5) is 14.5 Å². The molecule has 1 unspecified atom stereocenters. The number of halogens is 2. The molecule has 2 amide bonds. The molecule has 0 saturated heterocycles. The third-order valence-electron chi connectivity index (χ3n) is 6.22. The Bertz CT molecular complexity index is 1350. The molecule has 1 atom stereocenters. The number of hydrogen-bond acceptors (Lipinski definition) is 4. The highest BCUT2D eigenvalue weighted by Gasteiger charge is 2.37. The van der Waals surface area contributed by atoms with Crippen LogP contribution < -0.4 is 5.32 Å². The van der Waals surface area contributed by atoms with Crippen molar-refractivity contribution in [2.24, 2.45) is 0 Å². The number of nitrogens with one attached hydrogen (secondary N) is 1. The molecule has 1 heterocycles. The monoisotopic (exact) mass is 504 g/mol. The van der Waals surface area contributed by atoms with Gasteiger partial charge in [-0.15, -0.1) is 0 Å². The minimum Gasteiger partial charge on any atom is -0.463 e. The van der Waals surface area contributed by atoms with E-state index in [2.05, 4.69) is 5.32 Å². The van der Waals surface area contributed by atoms with Crippen LogP contribution in [0.15, 0.2) is 84.1 Å². The first kappa shape index (κ1) is 25.8. The van der Waals surface area contributed by atoms with Gasteiger partial charge in [0.15, 0.2) is 0 Å². The number of benzene rings is 3. The summed E-state index contributed by atoms with van der Waals surface area (Å²) in [5, 5.41) is 2.71. The number of ether oxygens (including phenoxy) is 1. The highest BCUT2D eigenvalue weighted by atomic mass is 19.1. The third-order valence-corrected chi connectivity index (χ3v) is 6.22. The van der Waals surface area contributed by atoms with Crippen LogP contribution in [0, 0.1) is 11.6 Å². The van der Waals surface area contributed by atoms with Crippen LogP contribution >= 0.6 is 0 Å². The summed E-state index contributed by atoms with van der Waals surface area (Å²) in [5.74, 6) is -2.49. The maximum absolute atomic E-state index is 13.5. The van der Waals surface area contributed by atoms with E-state index in [9.17, 15) is 23.2 Å². The number of hydrogen-bond donors (Lipinski definition) is 1. The molecule has 1 N–H and O–H groups in total. The molecule has 0 radical (unpaired) electrons. The molecule has 0 spiro atoms. The molecular formula is C29H26F2N2O4. The maximum atomic E-state index is 13.5. The molecule has 0 aliphatic carbocycles. The van der Waals surface area contributed by atoms with Gasteiger partial charge < -0.3 is 15.0 Å². The Morgan fingerprint density at radius 3 is 2.30 bits per heavy atom. The van der Waals surface area contributed by atoms with Crippen LogP contribution in [0.1, 0.15) is 47.7 Å². The number of rotatable bonds is 7. The highest BCUT2D eigenvalue weighted by Crippen LogP contribution is 2.37. The number of amides is 2. The van der Waals surface area contributed by atoms with Crippen LogP contribution in [0.2, 0.25) is 0 Å². The van der Waals surface area contributed by atoms with Crippen molar-refractivity contribution in [3.05, 3.63) is 112 Å². The van der Waals surface area contributed by atoms with Crippen molar-refractivity contribution < 1.29 is 27.9 Å². The van der Waals surface area contributed by atoms with Gasteiger partial charge in [0, 0.05) is 29.3 Å². The molecular weight excluding hydrogens is 478 g/mol. The molecule has 1 aliphatic rings. The first-order chi connectivity index (χ1) is 17.8. The quantitative estimate of drug-likeness (QED) is 0.427. The summed E-state index contributed by atoms with van der Waals surface area (Å²) in [6.07, 6.45) is 0.0157. The van der Waals surface area contributed by atoms with Gasteiger partial charge in [0.1, 0.15) is 11.6 Å². The van der Waals surface area contributed by atoms with Crippen LogP contribution in [0.3, 0.4) is 0 Å². The van der Waals surface area contributed by atoms with Crippen LogP contribution in [-0.2, 0) is 20.9 Å². The Balaban J connectivity index is 1.61. The molecule has 6 nitrogen and oxygen atoms in total. The van der Waals surface area contributed by atoms with E-state index in [4.69, 9.17) is 4.74 Å². The molecule has 0 bridgehead atoms. The summed E-state index contributed by atoms with van der Waals surface area (Å²) >= 11 is 0. The van der Waals surface area contributed by atoms with E-state index in [0.29, 0.717) is 33.6 Å². The van der Waals surface area contributed by atoms with Gasteiger partial charge in [0.05, 0.1) is 18.7 Å². The molecule has 3 aromatic carbocycles. The number of nitrogens with zero attached hydrogens (tertiary/aromatic N) is 1. The Morgan fingerprint density at radius 1 is 1.00 bits per heavy atom. The van der Waals surface area contributed by atoms with Crippen molar-refractivity contribution in [3.63, 3.8) is 0 Å². The van der Waals surface area contributed by atoms with Crippen LogP contribution in [-0.4, -0.2) is 29.3 Å². The standard InChI is InChI=1S/C29H26F2N2O4/c1-3-37-29(36)27-18(2)33(26(34)16-25(27)20-7-9-22(30)10-8-20)17-19-5-4-6-21(15-19)28(35)32-24-13-11-23(31)12-14-24/h4-15,25H,3,16-17H2,1-2H3,(H,32,35). The molecule has 3 aromatic rings. The lowest BCUT2D eigenvalue weighted by Crippen LogP contribution is -2.38. The predicted octanol–water partition coefficient (Wildman–Crippen LogP) is 5.57.